The number of anilines is 1. The number of carboxylic acids is 1. The smallest absolute Gasteiger partial charge is 0.335 e. The Hall–Kier alpha value is -3.79. The third-order valence-corrected chi connectivity index (χ3v) is 6.28. The number of nitrogens with zero attached hydrogens (tertiary/aromatic N) is 3. The Balaban J connectivity index is 1.62. The van der Waals surface area contributed by atoms with Crippen LogP contribution >= 0.6 is 11.6 Å². The zero-order chi connectivity index (χ0) is 25.1. The minimum Gasteiger partial charge on any atom is -0.755 e. The molecule has 0 bridgehead atoms. The molecule has 0 aliphatic heterocycles. The van der Waals surface area contributed by atoms with Gasteiger partial charge in [0.05, 0.1) is 33.2 Å². The van der Waals surface area contributed by atoms with Gasteiger partial charge in [0.2, 0.25) is 0 Å². The number of aromatic nitrogens is 2. The highest BCUT2D eigenvalue weighted by atomic mass is 35.5. The van der Waals surface area contributed by atoms with Crippen molar-refractivity contribution in [1.82, 2.24) is 9.55 Å². The van der Waals surface area contributed by atoms with Gasteiger partial charge in [-0.05, 0) is 60.9 Å². The number of aryl methyl sites for hydroxylation is 1. The normalized spacial score (nSPS) is 11.7. The van der Waals surface area contributed by atoms with Crippen LogP contribution in [-0.2, 0) is 17.7 Å². The number of carbonyl (C=O) groups is 2. The lowest BCUT2D eigenvalue weighted by Crippen LogP contribution is -2.33. The molecule has 35 heavy (non-hydrogen) atoms. The third kappa shape index (κ3) is 5.32. The number of benzene rings is 3. The monoisotopic (exact) mass is 508 g/mol. The Bertz CT molecular complexity index is 1420. The first-order valence-electron chi connectivity index (χ1n) is 10.4. The van der Waals surface area contributed by atoms with Gasteiger partial charge in [0.1, 0.15) is 11.5 Å². The highest BCUT2D eigenvalue weighted by molar-refractivity contribution is 7.81. The van der Waals surface area contributed by atoms with E-state index in [9.17, 15) is 18.4 Å². The van der Waals surface area contributed by atoms with Crippen LogP contribution in [0.3, 0.4) is 0 Å². The Morgan fingerprint density at radius 2 is 1.74 bits per heavy atom. The van der Waals surface area contributed by atoms with Crippen LogP contribution in [0.4, 0.5) is 5.69 Å². The first kappa shape index (κ1) is 24.3. The van der Waals surface area contributed by atoms with Gasteiger partial charge in [-0.1, -0.05) is 48.0 Å². The summed E-state index contributed by atoms with van der Waals surface area (Å²) in [6, 6.07) is 20.4. The summed E-state index contributed by atoms with van der Waals surface area (Å²) < 4.78 is 25.9. The first-order chi connectivity index (χ1) is 16.7. The molecular weight excluding hydrogens is 490 g/mol. The molecule has 0 saturated heterocycles. The zero-order valence-electron chi connectivity index (χ0n) is 18.4. The first-order valence-corrected chi connectivity index (χ1v) is 11.8. The molecule has 1 unspecified atom stereocenters. The van der Waals surface area contributed by atoms with Crippen molar-refractivity contribution in [3.63, 3.8) is 0 Å². The van der Waals surface area contributed by atoms with Gasteiger partial charge in [0, 0.05) is 6.20 Å². The molecule has 0 radical (unpaired) electrons. The molecule has 0 aliphatic rings. The van der Waals surface area contributed by atoms with Crippen LogP contribution in [-0.4, -0.2) is 35.3 Å². The summed E-state index contributed by atoms with van der Waals surface area (Å²) in [7, 11) is 0. The van der Waals surface area contributed by atoms with Crippen molar-refractivity contribution in [2.24, 2.45) is 0 Å². The molecular formula is C25H19ClN3O5S-. The van der Waals surface area contributed by atoms with Crippen LogP contribution in [0.15, 0.2) is 79.0 Å². The third-order valence-electron chi connectivity index (χ3n) is 5.31. The second-order valence-electron chi connectivity index (χ2n) is 7.66. The van der Waals surface area contributed by atoms with Crippen molar-refractivity contribution >= 4 is 40.4 Å². The lowest BCUT2D eigenvalue weighted by atomic mass is 10.0. The number of hydrogen-bond acceptors (Lipinski definition) is 5. The molecule has 1 atom stereocenters. The summed E-state index contributed by atoms with van der Waals surface area (Å²) in [4.78, 5) is 28.4. The van der Waals surface area contributed by atoms with Gasteiger partial charge in [0.15, 0.2) is 0 Å². The number of rotatable bonds is 7. The van der Waals surface area contributed by atoms with Crippen molar-refractivity contribution in [1.29, 1.82) is 0 Å². The summed E-state index contributed by atoms with van der Waals surface area (Å²) in [6.07, 6.45) is 2.12. The standard InChI is InChI=1S/C25H20ClN3O5S/c1-16-27-22(24(30)29(35(33)34)20-10-8-19(9-11-20)25(31)32)15-28(16)23-12-7-18(14-21(23)26)13-17-5-3-2-4-6-17/h2-12,14-15H,13H2,1H3,(H,31,32)(H,33,34)/p-1. The van der Waals surface area contributed by atoms with Crippen LogP contribution in [0.5, 0.6) is 0 Å². The number of carboxylic acid groups (broad SMARTS) is 1. The number of aromatic carboxylic acids is 1. The van der Waals surface area contributed by atoms with Gasteiger partial charge in [0.25, 0.3) is 5.91 Å². The molecule has 4 aromatic rings. The Morgan fingerprint density at radius 1 is 1.06 bits per heavy atom. The van der Waals surface area contributed by atoms with Gasteiger partial charge in [-0.25, -0.2) is 14.1 Å². The molecule has 0 fully saturated rings. The number of amides is 1. The van der Waals surface area contributed by atoms with E-state index in [1.807, 2.05) is 48.5 Å². The summed E-state index contributed by atoms with van der Waals surface area (Å²) in [6.45, 7) is 1.67. The van der Waals surface area contributed by atoms with E-state index in [0.29, 0.717) is 27.3 Å². The van der Waals surface area contributed by atoms with Gasteiger partial charge in [-0.15, -0.1) is 0 Å². The van der Waals surface area contributed by atoms with Crippen molar-refractivity contribution in [3.8, 4) is 5.69 Å². The zero-order valence-corrected chi connectivity index (χ0v) is 20.0. The topological polar surface area (TPSA) is 116 Å². The quantitative estimate of drug-likeness (QED) is 0.366. The van der Waals surface area contributed by atoms with E-state index in [1.165, 1.54) is 30.5 Å². The second kappa shape index (κ2) is 10.2. The van der Waals surface area contributed by atoms with E-state index in [2.05, 4.69) is 4.98 Å². The van der Waals surface area contributed by atoms with Crippen LogP contribution in [0.1, 0.15) is 37.8 Å². The Kier molecular flexibility index (Phi) is 7.11. The van der Waals surface area contributed by atoms with Crippen molar-refractivity contribution < 1.29 is 23.5 Å². The molecule has 0 saturated carbocycles. The molecule has 1 aromatic heterocycles. The number of imidazole rings is 1. The van der Waals surface area contributed by atoms with Crippen molar-refractivity contribution in [2.45, 2.75) is 13.3 Å². The SMILES string of the molecule is Cc1nc(C(=O)N(c2ccc(C(=O)O)cc2)S(=O)[O-])cn1-c1ccc(Cc2ccccc2)cc1Cl. The van der Waals surface area contributed by atoms with Crippen molar-refractivity contribution in [2.75, 3.05) is 4.31 Å². The summed E-state index contributed by atoms with van der Waals surface area (Å²) in [5.74, 6) is -1.62. The predicted octanol–water partition coefficient (Wildman–Crippen LogP) is 4.56. The predicted molar refractivity (Wildman–Crippen MR) is 132 cm³/mol. The van der Waals surface area contributed by atoms with Crippen molar-refractivity contribution in [3.05, 3.63) is 112 Å². The average Bonchev–Trinajstić information content (AvgIpc) is 3.21. The van der Waals surface area contributed by atoms with Gasteiger partial charge >= 0.3 is 5.97 Å². The van der Waals surface area contributed by atoms with E-state index in [4.69, 9.17) is 16.7 Å². The van der Waals surface area contributed by atoms with Gasteiger partial charge in [-0.2, -0.15) is 0 Å². The molecule has 1 heterocycles. The molecule has 4 rings (SSSR count). The second-order valence-corrected chi connectivity index (χ2v) is 8.87. The molecule has 1 N–H and O–H groups in total. The van der Waals surface area contributed by atoms with Crippen LogP contribution < -0.4 is 4.31 Å². The summed E-state index contributed by atoms with van der Waals surface area (Å²) in [5, 5.41) is 9.49. The molecule has 0 aliphatic carbocycles. The largest absolute Gasteiger partial charge is 0.755 e. The maximum absolute atomic E-state index is 13.1. The molecule has 0 spiro atoms. The highest BCUT2D eigenvalue weighted by Gasteiger charge is 2.23. The Labute approximate surface area is 208 Å². The fourth-order valence-electron chi connectivity index (χ4n) is 3.62. The fourth-order valence-corrected chi connectivity index (χ4v) is 4.44. The minimum atomic E-state index is -2.96. The molecule has 1 amide bonds. The van der Waals surface area contributed by atoms with Crippen LogP contribution in [0, 0.1) is 6.92 Å². The number of halogens is 1. The fraction of sp³-hybridized carbons (Fsp3) is 0.0800. The van der Waals surface area contributed by atoms with Crippen LogP contribution in [0.25, 0.3) is 5.69 Å². The van der Waals surface area contributed by atoms with E-state index in [-0.39, 0.29) is 16.9 Å². The molecule has 10 heteroatoms. The lowest BCUT2D eigenvalue weighted by molar-refractivity contribution is 0.0696. The molecule has 8 nitrogen and oxygen atoms in total. The highest BCUT2D eigenvalue weighted by Crippen LogP contribution is 2.26. The van der Waals surface area contributed by atoms with Crippen LogP contribution in [0.2, 0.25) is 5.02 Å². The number of carbonyl (C=O) groups excluding carboxylic acids is 1. The maximum Gasteiger partial charge on any atom is 0.335 e. The van der Waals surface area contributed by atoms with E-state index in [1.54, 1.807) is 11.5 Å². The summed E-state index contributed by atoms with van der Waals surface area (Å²) in [5.41, 5.74) is 2.58. The van der Waals surface area contributed by atoms with Gasteiger partial charge in [-0.3, -0.25) is 9.00 Å². The van der Waals surface area contributed by atoms with E-state index < -0.39 is 23.1 Å². The minimum absolute atomic E-state index is 0.0103. The number of hydrogen-bond donors (Lipinski definition) is 1. The Morgan fingerprint density at radius 3 is 2.34 bits per heavy atom. The molecule has 3 aromatic carbocycles. The average molecular weight is 509 g/mol. The lowest BCUT2D eigenvalue weighted by Gasteiger charge is -2.23. The van der Waals surface area contributed by atoms with E-state index in [0.717, 1.165) is 11.1 Å². The molecule has 178 valence electrons. The van der Waals surface area contributed by atoms with Gasteiger partial charge < -0.3 is 14.2 Å². The summed E-state index contributed by atoms with van der Waals surface area (Å²) >= 11 is 3.59. The maximum atomic E-state index is 13.1. The van der Waals surface area contributed by atoms with E-state index >= 15 is 0 Å².